The Morgan fingerprint density at radius 2 is 2.64 bits per heavy atom. The molecule has 0 fully saturated rings. The lowest BCUT2D eigenvalue weighted by Crippen LogP contribution is -2.15. The van der Waals surface area contributed by atoms with Crippen LogP contribution in [0.5, 0.6) is 0 Å². The quantitative estimate of drug-likeness (QED) is 0.532. The first-order chi connectivity index (χ1) is 5.40. The molecule has 4 nitrogen and oxygen atoms in total. The fourth-order valence-corrected chi connectivity index (χ4v) is 1.14. The molecule has 0 atom stereocenters. The molecule has 2 heterocycles. The van der Waals surface area contributed by atoms with Crippen molar-refractivity contribution >= 4 is 0 Å². The molecule has 0 unspecified atom stereocenters. The average molecular weight is 149 g/mol. The van der Waals surface area contributed by atoms with Crippen molar-refractivity contribution in [3.63, 3.8) is 0 Å². The lowest BCUT2D eigenvalue weighted by molar-refractivity contribution is 0.0816. The van der Waals surface area contributed by atoms with E-state index in [1.807, 2.05) is 10.6 Å². The van der Waals surface area contributed by atoms with Crippen LogP contribution in [-0.4, -0.2) is 16.2 Å². The molecule has 1 aliphatic rings. The first-order valence-corrected chi connectivity index (χ1v) is 3.44. The molecule has 0 N–H and O–H groups in total. The Morgan fingerprint density at radius 3 is 3.36 bits per heavy atom. The van der Waals surface area contributed by atoms with E-state index in [0.29, 0.717) is 18.9 Å². The number of imidazole rings is 1. The van der Waals surface area contributed by atoms with Crippen molar-refractivity contribution in [2.24, 2.45) is 0 Å². The van der Waals surface area contributed by atoms with Crippen molar-refractivity contribution in [1.82, 2.24) is 9.55 Å². The van der Waals surface area contributed by atoms with Crippen LogP contribution in [0.2, 0.25) is 0 Å². The Balaban J connectivity index is 2.42. The Bertz CT molecular complexity index is 286. The van der Waals surface area contributed by atoms with Gasteiger partial charge in [-0.15, -0.1) is 0 Å². The number of hydrogen-bond donors (Lipinski definition) is 0. The van der Waals surface area contributed by atoms with Crippen molar-refractivity contribution in [2.75, 3.05) is 6.61 Å². The van der Waals surface area contributed by atoms with Gasteiger partial charge in [0.15, 0.2) is 5.69 Å². The van der Waals surface area contributed by atoms with Gasteiger partial charge in [-0.1, -0.05) is 0 Å². The maximum absolute atomic E-state index is 8.52. The van der Waals surface area contributed by atoms with E-state index in [2.05, 4.69) is 4.98 Å². The maximum Gasteiger partial charge on any atom is 0.158 e. The number of fused-ring (bicyclic) bond motifs is 1. The zero-order valence-electron chi connectivity index (χ0n) is 5.95. The molecule has 0 radical (unpaired) electrons. The second-order valence-corrected chi connectivity index (χ2v) is 2.40. The summed E-state index contributed by atoms with van der Waals surface area (Å²) < 4.78 is 7.12. The second kappa shape index (κ2) is 2.36. The number of hydrogen-bond acceptors (Lipinski definition) is 3. The van der Waals surface area contributed by atoms with Gasteiger partial charge >= 0.3 is 0 Å². The van der Waals surface area contributed by atoms with Crippen molar-refractivity contribution in [3.05, 3.63) is 17.7 Å². The summed E-state index contributed by atoms with van der Waals surface area (Å²) in [6, 6.07) is 2.00. The molecule has 0 aliphatic carbocycles. The zero-order valence-corrected chi connectivity index (χ0v) is 5.95. The first-order valence-electron chi connectivity index (χ1n) is 3.44. The Labute approximate surface area is 64.0 Å². The number of ether oxygens (including phenoxy) is 1. The minimum absolute atomic E-state index is 0.477. The van der Waals surface area contributed by atoms with E-state index < -0.39 is 0 Å². The van der Waals surface area contributed by atoms with Crippen molar-refractivity contribution < 1.29 is 4.74 Å². The van der Waals surface area contributed by atoms with Crippen LogP contribution in [0, 0.1) is 11.3 Å². The number of nitrogens with zero attached hydrogens (tertiary/aromatic N) is 3. The smallest absolute Gasteiger partial charge is 0.158 e. The molecular formula is C7H7N3O. The Hall–Kier alpha value is -1.34. The molecule has 0 bridgehead atoms. The van der Waals surface area contributed by atoms with E-state index in [4.69, 9.17) is 10.00 Å². The van der Waals surface area contributed by atoms with Gasteiger partial charge in [-0.2, -0.15) is 5.26 Å². The Morgan fingerprint density at radius 1 is 1.73 bits per heavy atom. The van der Waals surface area contributed by atoms with E-state index in [1.165, 1.54) is 0 Å². The second-order valence-electron chi connectivity index (χ2n) is 2.40. The molecule has 4 heteroatoms. The summed E-state index contributed by atoms with van der Waals surface area (Å²) in [5, 5.41) is 8.52. The molecule has 0 spiro atoms. The van der Waals surface area contributed by atoms with Gasteiger partial charge in [0, 0.05) is 12.7 Å². The molecular weight excluding hydrogens is 142 g/mol. The van der Waals surface area contributed by atoms with Crippen LogP contribution in [0.1, 0.15) is 11.5 Å². The predicted molar refractivity (Wildman–Crippen MR) is 36.6 cm³/mol. The molecule has 1 aromatic heterocycles. The standard InChI is InChI=1S/C7H7N3O/c8-3-6-4-10-1-2-11-5-7(10)9-6/h4H,1-2,5H2. The topological polar surface area (TPSA) is 50.8 Å². The summed E-state index contributed by atoms with van der Waals surface area (Å²) in [6.07, 6.45) is 1.76. The highest BCUT2D eigenvalue weighted by Crippen LogP contribution is 2.08. The maximum atomic E-state index is 8.52. The van der Waals surface area contributed by atoms with Gasteiger partial charge in [-0.3, -0.25) is 0 Å². The summed E-state index contributed by atoms with van der Waals surface area (Å²) in [5.41, 5.74) is 0.477. The monoisotopic (exact) mass is 149 g/mol. The normalized spacial score (nSPS) is 15.5. The van der Waals surface area contributed by atoms with Gasteiger partial charge in [0.2, 0.25) is 0 Å². The summed E-state index contributed by atoms with van der Waals surface area (Å²) in [6.45, 7) is 2.06. The summed E-state index contributed by atoms with van der Waals surface area (Å²) in [7, 11) is 0. The van der Waals surface area contributed by atoms with E-state index >= 15 is 0 Å². The minimum Gasteiger partial charge on any atom is -0.372 e. The molecule has 11 heavy (non-hydrogen) atoms. The number of aromatic nitrogens is 2. The molecule has 0 aromatic carbocycles. The molecule has 0 saturated heterocycles. The average Bonchev–Trinajstić information content (AvgIpc) is 2.46. The third-order valence-corrected chi connectivity index (χ3v) is 1.68. The third-order valence-electron chi connectivity index (χ3n) is 1.68. The van der Waals surface area contributed by atoms with Gasteiger partial charge in [0.05, 0.1) is 6.61 Å². The summed E-state index contributed by atoms with van der Waals surface area (Å²) in [5.74, 6) is 0.854. The van der Waals surface area contributed by atoms with Crippen LogP contribution in [0.15, 0.2) is 6.20 Å². The van der Waals surface area contributed by atoms with Gasteiger partial charge < -0.3 is 9.30 Å². The molecule has 0 saturated carbocycles. The number of rotatable bonds is 0. The van der Waals surface area contributed by atoms with E-state index in [1.54, 1.807) is 6.20 Å². The highest BCUT2D eigenvalue weighted by molar-refractivity contribution is 5.19. The molecule has 56 valence electrons. The van der Waals surface area contributed by atoms with E-state index in [9.17, 15) is 0 Å². The molecule has 1 aromatic rings. The lowest BCUT2D eigenvalue weighted by atomic mass is 10.5. The molecule has 0 amide bonds. The molecule has 2 rings (SSSR count). The Kier molecular flexibility index (Phi) is 1.37. The van der Waals surface area contributed by atoms with Crippen molar-refractivity contribution in [1.29, 1.82) is 5.26 Å². The van der Waals surface area contributed by atoms with Gasteiger partial charge in [0.25, 0.3) is 0 Å². The third kappa shape index (κ3) is 0.994. The van der Waals surface area contributed by atoms with Crippen LogP contribution in [0.25, 0.3) is 0 Å². The van der Waals surface area contributed by atoms with Gasteiger partial charge in [-0.05, 0) is 0 Å². The van der Waals surface area contributed by atoms with Crippen molar-refractivity contribution in [3.8, 4) is 6.07 Å². The molecule has 1 aliphatic heterocycles. The van der Waals surface area contributed by atoms with Crippen LogP contribution in [-0.2, 0) is 17.9 Å². The first kappa shape index (κ1) is 6.38. The van der Waals surface area contributed by atoms with Crippen LogP contribution in [0.4, 0.5) is 0 Å². The minimum atomic E-state index is 0.477. The fourth-order valence-electron chi connectivity index (χ4n) is 1.14. The van der Waals surface area contributed by atoms with Crippen molar-refractivity contribution in [2.45, 2.75) is 13.2 Å². The zero-order chi connectivity index (χ0) is 7.68. The lowest BCUT2D eigenvalue weighted by Gasteiger charge is -2.12. The van der Waals surface area contributed by atoms with Crippen LogP contribution in [0.3, 0.4) is 0 Å². The predicted octanol–water partition coefficient (Wildman–Crippen LogP) is 0.285. The largest absolute Gasteiger partial charge is 0.372 e. The highest BCUT2D eigenvalue weighted by Gasteiger charge is 2.11. The van der Waals surface area contributed by atoms with Crippen LogP contribution < -0.4 is 0 Å². The van der Waals surface area contributed by atoms with Gasteiger partial charge in [-0.25, -0.2) is 4.98 Å². The fraction of sp³-hybridized carbons (Fsp3) is 0.429. The van der Waals surface area contributed by atoms with Gasteiger partial charge in [0.1, 0.15) is 18.5 Å². The van der Waals surface area contributed by atoms with E-state index in [0.717, 1.165) is 12.4 Å². The SMILES string of the molecule is N#Cc1cn2c(n1)COCC2. The summed E-state index contributed by atoms with van der Waals surface area (Å²) in [4.78, 5) is 4.05. The van der Waals surface area contributed by atoms with Crippen LogP contribution >= 0.6 is 0 Å². The number of nitriles is 1. The van der Waals surface area contributed by atoms with E-state index in [-0.39, 0.29) is 0 Å². The summed E-state index contributed by atoms with van der Waals surface area (Å²) >= 11 is 0. The highest BCUT2D eigenvalue weighted by atomic mass is 16.5.